The van der Waals surface area contributed by atoms with E-state index in [4.69, 9.17) is 42.6 Å². The number of carbonyl (C=O) groups is 3. The van der Waals surface area contributed by atoms with E-state index in [1.54, 1.807) is 0 Å². The first kappa shape index (κ1) is 61.0. The Morgan fingerprint density at radius 2 is 1.29 bits per heavy atom. The number of carboxylic acids is 1. The zero-order chi connectivity index (χ0) is 58.1. The lowest BCUT2D eigenvalue weighted by molar-refractivity contribution is -0.372. The zero-order valence-electron chi connectivity index (χ0n) is 46.5. The average Bonchev–Trinajstić information content (AvgIpc) is 2.66. The summed E-state index contributed by atoms with van der Waals surface area (Å²) in [6, 6.07) is 0. The second kappa shape index (κ2) is 21.5. The van der Waals surface area contributed by atoms with E-state index < -0.39 is 199 Å². The van der Waals surface area contributed by atoms with Gasteiger partial charge in [-0.05, 0) is 118 Å². The fourth-order valence-electron chi connectivity index (χ4n) is 16.5. The summed E-state index contributed by atoms with van der Waals surface area (Å²) in [4.78, 5) is 42.2. The average molecular weight is 1130 g/mol. The van der Waals surface area contributed by atoms with Gasteiger partial charge in [0.1, 0.15) is 66.6 Å². The third-order valence-corrected chi connectivity index (χ3v) is 21.4. The van der Waals surface area contributed by atoms with Gasteiger partial charge in [0.15, 0.2) is 31.1 Å². The van der Waals surface area contributed by atoms with Crippen molar-refractivity contribution in [2.24, 2.45) is 50.2 Å². The molecule has 5 aliphatic carbocycles. The maximum Gasteiger partial charge on any atom is 0.315 e. The zero-order valence-corrected chi connectivity index (χ0v) is 46.5. The monoisotopic (exact) mass is 1130 g/mol. The SMILES string of the molecule is CC(=O)O[C@@H]1[C@H](O[C@@H]2OC[C@](O)(CO)[C@H]2O)[C@@H](O[C@@H]2O[C@@H](C)[C@H](O)[C@@H](O)[C@H]2O)[C@H](OC(=O)[C@]23CCC(C)(C)C[C@H]2C2=CC[C@@H]4[C@@]5(C)C[C@H](O)[C@H](O[C@@H]6O[C@H](CO)[C@@H](O)[C@H](O)[C@H]6O)[C@@](C)(C(=O)O)[C@@H]5CC[C@@]4(C)[C@]2(C)CC3)O[C@@H]1C. The van der Waals surface area contributed by atoms with Crippen molar-refractivity contribution in [2.75, 3.05) is 19.8 Å². The summed E-state index contributed by atoms with van der Waals surface area (Å²) in [6.07, 6.45) is -24.0. The highest BCUT2D eigenvalue weighted by Crippen LogP contribution is 2.76. The van der Waals surface area contributed by atoms with E-state index in [9.17, 15) is 70.9 Å². The molecule has 24 nitrogen and oxygen atoms in total. The highest BCUT2D eigenvalue weighted by atomic mass is 16.8. The number of hydrogen-bond donors (Lipinski definition) is 12. The van der Waals surface area contributed by atoms with Crippen LogP contribution in [0.15, 0.2) is 11.6 Å². The minimum Gasteiger partial charge on any atom is -0.481 e. The summed E-state index contributed by atoms with van der Waals surface area (Å²) >= 11 is 0. The van der Waals surface area contributed by atoms with E-state index in [1.165, 1.54) is 20.8 Å². The first-order valence-corrected chi connectivity index (χ1v) is 28.0. The molecule has 4 saturated carbocycles. The van der Waals surface area contributed by atoms with E-state index in [1.807, 2.05) is 6.92 Å². The molecule has 4 aliphatic heterocycles. The molecule has 0 aromatic carbocycles. The van der Waals surface area contributed by atoms with Gasteiger partial charge in [-0.25, -0.2) is 0 Å². The summed E-state index contributed by atoms with van der Waals surface area (Å²) in [5.41, 5.74) is -6.18. The normalized spacial score (nSPS) is 53.3. The van der Waals surface area contributed by atoms with Crippen LogP contribution in [-0.2, 0) is 57.0 Å². The maximum atomic E-state index is 15.7. The van der Waals surface area contributed by atoms with Crippen LogP contribution in [0.25, 0.3) is 0 Å². The number of rotatable bonds is 12. The molecule has 0 aromatic rings. The van der Waals surface area contributed by atoms with Gasteiger partial charge in [0.2, 0.25) is 6.29 Å². The van der Waals surface area contributed by atoms with Crippen molar-refractivity contribution in [1.29, 1.82) is 0 Å². The second-order valence-electron chi connectivity index (χ2n) is 26.4. The molecule has 79 heavy (non-hydrogen) atoms. The minimum absolute atomic E-state index is 0.108. The molecule has 0 radical (unpaired) electrons. The number of carboxylic acid groups (broad SMARTS) is 1. The first-order chi connectivity index (χ1) is 36.8. The van der Waals surface area contributed by atoms with Crippen molar-refractivity contribution < 1.29 is 118 Å². The summed E-state index contributed by atoms with van der Waals surface area (Å²) in [6.45, 7) is 14.2. The topological polar surface area (TPSA) is 377 Å². The van der Waals surface area contributed by atoms with Gasteiger partial charge in [-0.3, -0.25) is 14.4 Å². The van der Waals surface area contributed by atoms with Crippen LogP contribution in [0.5, 0.6) is 0 Å². The van der Waals surface area contributed by atoms with Crippen LogP contribution in [0, 0.1) is 50.2 Å². The van der Waals surface area contributed by atoms with Gasteiger partial charge in [0.05, 0.1) is 49.0 Å². The molecule has 12 N–H and O–H groups in total. The Labute approximate surface area is 459 Å². The number of carbonyl (C=O) groups excluding carboxylic acids is 2. The minimum atomic E-state index is -2.16. The Kier molecular flexibility index (Phi) is 16.6. The lowest BCUT2D eigenvalue weighted by Crippen LogP contribution is -2.70. The van der Waals surface area contributed by atoms with Crippen LogP contribution in [-0.4, -0.2) is 221 Å². The predicted octanol–water partition coefficient (Wildman–Crippen LogP) is -0.733. The molecule has 9 aliphatic rings. The summed E-state index contributed by atoms with van der Waals surface area (Å²) in [5.74, 6) is -3.85. The Morgan fingerprint density at radius 1 is 0.671 bits per heavy atom. The lowest BCUT2D eigenvalue weighted by Gasteiger charge is -2.71. The molecular weight excluding hydrogens is 1040 g/mol. The summed E-state index contributed by atoms with van der Waals surface area (Å²) in [5, 5.41) is 130. The van der Waals surface area contributed by atoms with Crippen molar-refractivity contribution in [3.05, 3.63) is 11.6 Å². The molecule has 0 unspecified atom stereocenters. The van der Waals surface area contributed by atoms with E-state index in [0.29, 0.717) is 51.4 Å². The van der Waals surface area contributed by atoms with Crippen LogP contribution >= 0.6 is 0 Å². The van der Waals surface area contributed by atoms with Gasteiger partial charge in [-0.1, -0.05) is 46.3 Å². The van der Waals surface area contributed by atoms with Crippen molar-refractivity contribution in [2.45, 2.75) is 242 Å². The van der Waals surface area contributed by atoms with E-state index in [-0.39, 0.29) is 17.8 Å². The van der Waals surface area contributed by atoms with Crippen LogP contribution in [0.1, 0.15) is 120 Å². The van der Waals surface area contributed by atoms with Gasteiger partial charge in [0, 0.05) is 6.92 Å². The Hall–Kier alpha value is -2.57. The number of hydrogen-bond acceptors (Lipinski definition) is 23. The number of aliphatic hydroxyl groups is 11. The molecule has 0 aromatic heterocycles. The van der Waals surface area contributed by atoms with Crippen molar-refractivity contribution in [1.82, 2.24) is 0 Å². The highest BCUT2D eigenvalue weighted by Gasteiger charge is 2.73. The summed E-state index contributed by atoms with van der Waals surface area (Å²) < 4.78 is 54.8. The molecule has 450 valence electrons. The third-order valence-electron chi connectivity index (χ3n) is 21.4. The van der Waals surface area contributed by atoms with Crippen molar-refractivity contribution in [3.8, 4) is 0 Å². The van der Waals surface area contributed by atoms with Gasteiger partial charge in [0.25, 0.3) is 0 Å². The Balaban J connectivity index is 1.04. The number of aliphatic carboxylic acids is 1. The highest BCUT2D eigenvalue weighted by molar-refractivity contribution is 5.79. The number of ether oxygens (including phenoxy) is 9. The fraction of sp³-hybridized carbons (Fsp3) is 0.909. The molecule has 8 fully saturated rings. The fourth-order valence-corrected chi connectivity index (χ4v) is 16.5. The molecule has 4 heterocycles. The van der Waals surface area contributed by atoms with Crippen molar-refractivity contribution in [3.63, 3.8) is 0 Å². The lowest BCUT2D eigenvalue weighted by atomic mass is 9.33. The largest absolute Gasteiger partial charge is 0.481 e. The van der Waals surface area contributed by atoms with E-state index in [2.05, 4.69) is 33.8 Å². The Morgan fingerprint density at radius 3 is 1.91 bits per heavy atom. The third kappa shape index (κ3) is 9.73. The van der Waals surface area contributed by atoms with Gasteiger partial charge in [-0.2, -0.15) is 0 Å². The first-order valence-electron chi connectivity index (χ1n) is 28.0. The second-order valence-corrected chi connectivity index (χ2v) is 26.4. The van der Waals surface area contributed by atoms with Gasteiger partial charge in [-0.15, -0.1) is 0 Å². The van der Waals surface area contributed by atoms with Crippen LogP contribution in [0.2, 0.25) is 0 Å². The molecule has 24 heteroatoms. The maximum absolute atomic E-state index is 15.7. The molecule has 4 saturated heterocycles. The van der Waals surface area contributed by atoms with Crippen LogP contribution < -0.4 is 0 Å². The number of aliphatic hydroxyl groups excluding tert-OH is 10. The molecule has 9 rings (SSSR count). The predicted molar refractivity (Wildman–Crippen MR) is 267 cm³/mol. The van der Waals surface area contributed by atoms with Crippen molar-refractivity contribution >= 4 is 17.9 Å². The molecule has 0 spiro atoms. The number of esters is 2. The standard InChI is InChI=1S/C55H86O24/c1-23-32(60)34(62)36(64)43(72-23)77-40-39(76-46-41(66)55(70,21-57)22-71-46)38(74-25(3)58)24(2)73-45(40)79-48(69)54-16-14-49(4,5)18-27(54)26-10-11-30-50(6)19-28(59)42(78-44-37(65)35(63)33(61)29(20-56)75-44)53(9,47(67)68)31(50)12-13-52(30,8)51(26,7)15-17-54/h10,23-24,27-46,56-57,59-66,70H,11-22H2,1-9H3,(H,67,68)/t23-,24+,27-,28-,29+,30+,31+,32-,33+,34+,35-,36+,37+,38-,39-,40+,41-,42-,43-,44-,45-,46-,50+,51+,52+,53-,54-,55+/m0/s1. The quantitative estimate of drug-likeness (QED) is 0.0651. The van der Waals surface area contributed by atoms with Gasteiger partial charge < -0.3 is 104 Å². The van der Waals surface area contributed by atoms with E-state index in [0.717, 1.165) is 12.5 Å². The molecule has 0 bridgehead atoms. The number of allylic oxidation sites excluding steroid dienone is 2. The van der Waals surface area contributed by atoms with E-state index >= 15 is 4.79 Å². The molecule has 28 atom stereocenters. The molecule has 0 amide bonds. The smallest absolute Gasteiger partial charge is 0.315 e. The number of fused-ring (bicyclic) bond motifs is 7. The Bertz CT molecular complexity index is 2300. The van der Waals surface area contributed by atoms with Gasteiger partial charge >= 0.3 is 17.9 Å². The molecular formula is C55H86O24. The van der Waals surface area contributed by atoms with Crippen LogP contribution in [0.3, 0.4) is 0 Å². The summed E-state index contributed by atoms with van der Waals surface area (Å²) in [7, 11) is 0. The van der Waals surface area contributed by atoms with Crippen LogP contribution in [0.4, 0.5) is 0 Å².